The van der Waals surface area contributed by atoms with Crippen molar-refractivity contribution < 1.29 is 29.2 Å². The first-order chi connectivity index (χ1) is 10.2. The van der Waals surface area contributed by atoms with E-state index in [0.29, 0.717) is 6.61 Å². The molecule has 1 aromatic rings. The SMILES string of the molecule is CO[C@H]1OC(CO)[C@@H](O)[C@H](OC)C1OCc1ccccc1. The van der Waals surface area contributed by atoms with Crippen molar-refractivity contribution in [2.45, 2.75) is 37.3 Å². The van der Waals surface area contributed by atoms with E-state index >= 15 is 0 Å². The van der Waals surface area contributed by atoms with Crippen molar-refractivity contribution in [2.24, 2.45) is 0 Å². The van der Waals surface area contributed by atoms with Crippen molar-refractivity contribution in [1.82, 2.24) is 0 Å². The Bertz CT molecular complexity index is 412. The Morgan fingerprint density at radius 3 is 2.38 bits per heavy atom. The van der Waals surface area contributed by atoms with Crippen molar-refractivity contribution in [1.29, 1.82) is 0 Å². The van der Waals surface area contributed by atoms with Gasteiger partial charge in [-0.15, -0.1) is 0 Å². The van der Waals surface area contributed by atoms with Crippen LogP contribution in [0, 0.1) is 0 Å². The van der Waals surface area contributed by atoms with Gasteiger partial charge in [0.1, 0.15) is 24.4 Å². The van der Waals surface area contributed by atoms with Gasteiger partial charge in [0.2, 0.25) is 0 Å². The summed E-state index contributed by atoms with van der Waals surface area (Å²) < 4.78 is 21.9. The second-order valence-corrected chi connectivity index (χ2v) is 4.91. The first-order valence-corrected chi connectivity index (χ1v) is 6.86. The van der Waals surface area contributed by atoms with Crippen LogP contribution in [0.5, 0.6) is 0 Å². The van der Waals surface area contributed by atoms with Gasteiger partial charge in [-0.3, -0.25) is 0 Å². The molecule has 2 rings (SSSR count). The van der Waals surface area contributed by atoms with Crippen molar-refractivity contribution in [2.75, 3.05) is 20.8 Å². The molecule has 1 fully saturated rings. The fourth-order valence-corrected chi connectivity index (χ4v) is 2.45. The Morgan fingerprint density at radius 2 is 1.81 bits per heavy atom. The summed E-state index contributed by atoms with van der Waals surface area (Å²) in [6.07, 6.45) is -3.66. The van der Waals surface area contributed by atoms with Crippen LogP contribution in [-0.2, 0) is 25.6 Å². The first-order valence-electron chi connectivity index (χ1n) is 6.86. The lowest BCUT2D eigenvalue weighted by atomic mass is 9.99. The van der Waals surface area contributed by atoms with Gasteiger partial charge in [-0.25, -0.2) is 0 Å². The minimum absolute atomic E-state index is 0.313. The van der Waals surface area contributed by atoms with Gasteiger partial charge in [0.15, 0.2) is 6.29 Å². The van der Waals surface area contributed by atoms with Crippen LogP contribution in [0.3, 0.4) is 0 Å². The number of aliphatic hydroxyl groups excluding tert-OH is 2. The van der Waals surface area contributed by atoms with Crippen LogP contribution < -0.4 is 0 Å². The van der Waals surface area contributed by atoms with Crippen LogP contribution in [0.25, 0.3) is 0 Å². The first kappa shape index (κ1) is 16.4. The summed E-state index contributed by atoms with van der Waals surface area (Å²) in [6.45, 7) is 0.0391. The third kappa shape index (κ3) is 3.79. The zero-order valence-electron chi connectivity index (χ0n) is 12.2. The molecule has 118 valence electrons. The maximum atomic E-state index is 10.2. The van der Waals surface area contributed by atoms with Gasteiger partial charge in [0, 0.05) is 14.2 Å². The van der Waals surface area contributed by atoms with E-state index in [1.165, 1.54) is 14.2 Å². The van der Waals surface area contributed by atoms with E-state index in [4.69, 9.17) is 18.9 Å². The lowest BCUT2D eigenvalue weighted by Gasteiger charge is -2.42. The number of benzene rings is 1. The van der Waals surface area contributed by atoms with E-state index in [1.54, 1.807) is 0 Å². The monoisotopic (exact) mass is 298 g/mol. The number of hydrogen-bond acceptors (Lipinski definition) is 6. The Hall–Kier alpha value is -1.02. The Labute approximate surface area is 124 Å². The fourth-order valence-electron chi connectivity index (χ4n) is 2.45. The highest BCUT2D eigenvalue weighted by Gasteiger charge is 2.46. The highest BCUT2D eigenvalue weighted by molar-refractivity contribution is 5.13. The summed E-state index contributed by atoms with van der Waals surface area (Å²) in [5.74, 6) is 0. The second-order valence-electron chi connectivity index (χ2n) is 4.91. The van der Waals surface area contributed by atoms with E-state index in [-0.39, 0.29) is 6.61 Å². The van der Waals surface area contributed by atoms with Gasteiger partial charge < -0.3 is 29.2 Å². The molecule has 5 atom stereocenters. The number of aliphatic hydroxyl groups is 2. The molecule has 0 amide bonds. The fraction of sp³-hybridized carbons (Fsp3) is 0.600. The molecule has 1 aliphatic heterocycles. The number of hydrogen-bond donors (Lipinski definition) is 2. The zero-order valence-corrected chi connectivity index (χ0v) is 12.2. The molecular formula is C15H22O6. The van der Waals surface area contributed by atoms with E-state index < -0.39 is 30.7 Å². The van der Waals surface area contributed by atoms with Crippen LogP contribution in [0.15, 0.2) is 30.3 Å². The van der Waals surface area contributed by atoms with Crippen LogP contribution in [0.4, 0.5) is 0 Å². The highest BCUT2D eigenvalue weighted by Crippen LogP contribution is 2.26. The molecule has 0 spiro atoms. The Morgan fingerprint density at radius 1 is 1.10 bits per heavy atom. The summed E-state index contributed by atoms with van der Waals surface area (Å²) in [5.41, 5.74) is 1.00. The van der Waals surface area contributed by atoms with Crippen LogP contribution in [-0.4, -0.2) is 61.7 Å². The molecule has 1 aromatic carbocycles. The topological polar surface area (TPSA) is 77.4 Å². The summed E-state index contributed by atoms with van der Waals surface area (Å²) in [4.78, 5) is 0. The molecule has 21 heavy (non-hydrogen) atoms. The maximum Gasteiger partial charge on any atom is 0.186 e. The molecule has 2 N–H and O–H groups in total. The van der Waals surface area contributed by atoms with E-state index in [1.807, 2.05) is 30.3 Å². The lowest BCUT2D eigenvalue weighted by Crippen LogP contribution is -2.60. The van der Waals surface area contributed by atoms with Gasteiger partial charge in [0.25, 0.3) is 0 Å². The van der Waals surface area contributed by atoms with Crippen molar-refractivity contribution in [3.8, 4) is 0 Å². The third-order valence-corrected chi connectivity index (χ3v) is 3.59. The van der Waals surface area contributed by atoms with Gasteiger partial charge in [-0.1, -0.05) is 30.3 Å². The molecule has 0 aromatic heterocycles. The minimum atomic E-state index is -0.979. The maximum absolute atomic E-state index is 10.2. The van der Waals surface area contributed by atoms with Gasteiger partial charge in [0.05, 0.1) is 13.2 Å². The van der Waals surface area contributed by atoms with E-state index in [0.717, 1.165) is 5.56 Å². The largest absolute Gasteiger partial charge is 0.394 e. The molecule has 1 heterocycles. The van der Waals surface area contributed by atoms with Crippen LogP contribution in [0.2, 0.25) is 0 Å². The Balaban J connectivity index is 2.06. The number of ether oxygens (including phenoxy) is 4. The van der Waals surface area contributed by atoms with E-state index in [9.17, 15) is 10.2 Å². The van der Waals surface area contributed by atoms with Crippen LogP contribution >= 0.6 is 0 Å². The van der Waals surface area contributed by atoms with Crippen LogP contribution in [0.1, 0.15) is 5.56 Å². The standard InChI is InChI=1S/C15H22O6/c1-18-13-12(17)11(8-16)21-15(19-2)14(13)20-9-10-6-4-3-5-7-10/h3-7,11-17H,8-9H2,1-2H3/t11?,12-,13+,14?,15+/m1/s1. The average Bonchev–Trinajstić information content (AvgIpc) is 2.53. The van der Waals surface area contributed by atoms with Crippen molar-refractivity contribution in [3.63, 3.8) is 0 Å². The summed E-state index contributed by atoms with van der Waals surface area (Å²) in [6, 6.07) is 9.67. The number of methoxy groups -OCH3 is 2. The van der Waals surface area contributed by atoms with Crippen molar-refractivity contribution >= 4 is 0 Å². The van der Waals surface area contributed by atoms with Gasteiger partial charge in [-0.05, 0) is 5.56 Å². The molecular weight excluding hydrogens is 276 g/mol. The molecule has 6 heteroatoms. The predicted molar refractivity (Wildman–Crippen MR) is 74.6 cm³/mol. The summed E-state index contributed by atoms with van der Waals surface area (Å²) in [7, 11) is 2.97. The molecule has 0 aliphatic carbocycles. The zero-order chi connectivity index (χ0) is 15.2. The molecule has 1 saturated heterocycles. The molecule has 2 unspecified atom stereocenters. The molecule has 0 radical (unpaired) electrons. The normalized spacial score (nSPS) is 33.0. The number of rotatable bonds is 6. The third-order valence-electron chi connectivity index (χ3n) is 3.59. The lowest BCUT2D eigenvalue weighted by molar-refractivity contribution is -0.309. The quantitative estimate of drug-likeness (QED) is 0.787. The Kier molecular flexibility index (Phi) is 6.10. The minimum Gasteiger partial charge on any atom is -0.394 e. The van der Waals surface area contributed by atoms with E-state index in [2.05, 4.69) is 0 Å². The van der Waals surface area contributed by atoms with Crippen molar-refractivity contribution in [3.05, 3.63) is 35.9 Å². The molecule has 6 nitrogen and oxygen atoms in total. The highest BCUT2D eigenvalue weighted by atomic mass is 16.7. The van der Waals surface area contributed by atoms with Gasteiger partial charge in [-0.2, -0.15) is 0 Å². The summed E-state index contributed by atoms with van der Waals surface area (Å²) in [5, 5.41) is 19.4. The molecule has 0 bridgehead atoms. The second kappa shape index (κ2) is 7.84. The van der Waals surface area contributed by atoms with Gasteiger partial charge >= 0.3 is 0 Å². The molecule has 0 saturated carbocycles. The average molecular weight is 298 g/mol. The molecule has 1 aliphatic rings. The smallest absolute Gasteiger partial charge is 0.186 e. The predicted octanol–water partition coefficient (Wildman–Crippen LogP) is 0.311. The summed E-state index contributed by atoms with van der Waals surface area (Å²) >= 11 is 0.